The highest BCUT2D eigenvalue weighted by Crippen LogP contribution is 2.32. The van der Waals surface area contributed by atoms with E-state index in [9.17, 15) is 4.79 Å². The molecule has 0 aromatic heterocycles. The van der Waals surface area contributed by atoms with Gasteiger partial charge in [-0.2, -0.15) is 12.6 Å². The predicted molar refractivity (Wildman–Crippen MR) is 73.7 cm³/mol. The Morgan fingerprint density at radius 2 is 2.35 bits per heavy atom. The summed E-state index contributed by atoms with van der Waals surface area (Å²) in [5, 5.41) is 2.87. The van der Waals surface area contributed by atoms with Gasteiger partial charge in [0.2, 0.25) is 5.91 Å². The van der Waals surface area contributed by atoms with Crippen molar-refractivity contribution in [2.45, 2.75) is 19.4 Å². The van der Waals surface area contributed by atoms with Crippen molar-refractivity contribution in [2.75, 3.05) is 12.4 Å². The first-order valence-corrected chi connectivity index (χ1v) is 6.95. The molecule has 0 unspecified atom stereocenters. The topological polar surface area (TPSA) is 38.3 Å². The summed E-state index contributed by atoms with van der Waals surface area (Å²) in [4.78, 5) is 11.4. The van der Waals surface area contributed by atoms with Crippen LogP contribution in [0.4, 0.5) is 0 Å². The van der Waals surface area contributed by atoms with Crippen LogP contribution in [-0.2, 0) is 17.8 Å². The Morgan fingerprint density at radius 3 is 3.12 bits per heavy atom. The number of nitrogens with one attached hydrogen (secondary N) is 1. The summed E-state index contributed by atoms with van der Waals surface area (Å²) in [5.74, 6) is 1.52. The standard InChI is InChI=1S/C12H14BrNO2S/c13-10-5-8-1-3-16-12(8)9(6-10)7-14-11(15)2-4-17/h5-6,17H,1-4,7H2,(H,14,15). The second-order valence-electron chi connectivity index (χ2n) is 3.90. The number of carbonyl (C=O) groups is 1. The van der Waals surface area contributed by atoms with Crippen LogP contribution < -0.4 is 10.1 Å². The highest BCUT2D eigenvalue weighted by Gasteiger charge is 2.17. The van der Waals surface area contributed by atoms with Crippen LogP contribution in [0.3, 0.4) is 0 Å². The number of rotatable bonds is 4. The number of hydrogen-bond acceptors (Lipinski definition) is 3. The van der Waals surface area contributed by atoms with E-state index in [2.05, 4.69) is 39.9 Å². The van der Waals surface area contributed by atoms with Gasteiger partial charge < -0.3 is 10.1 Å². The molecule has 1 heterocycles. The molecule has 0 saturated carbocycles. The van der Waals surface area contributed by atoms with Gasteiger partial charge in [0.15, 0.2) is 0 Å². The van der Waals surface area contributed by atoms with Crippen molar-refractivity contribution < 1.29 is 9.53 Å². The molecule has 0 saturated heterocycles. The average Bonchev–Trinajstić information content (AvgIpc) is 2.74. The van der Waals surface area contributed by atoms with Crippen molar-refractivity contribution in [1.82, 2.24) is 5.32 Å². The van der Waals surface area contributed by atoms with E-state index in [-0.39, 0.29) is 5.91 Å². The fourth-order valence-electron chi connectivity index (χ4n) is 1.86. The maximum atomic E-state index is 11.4. The quantitative estimate of drug-likeness (QED) is 0.837. The first-order chi connectivity index (χ1) is 8.20. The average molecular weight is 316 g/mol. The second-order valence-corrected chi connectivity index (χ2v) is 5.26. The van der Waals surface area contributed by atoms with Crippen molar-refractivity contribution >= 4 is 34.5 Å². The van der Waals surface area contributed by atoms with E-state index in [1.807, 2.05) is 6.07 Å². The summed E-state index contributed by atoms with van der Waals surface area (Å²) >= 11 is 7.50. The molecular weight excluding hydrogens is 302 g/mol. The van der Waals surface area contributed by atoms with E-state index in [0.717, 1.165) is 28.8 Å². The lowest BCUT2D eigenvalue weighted by molar-refractivity contribution is -0.120. The summed E-state index contributed by atoms with van der Waals surface area (Å²) in [5.41, 5.74) is 2.23. The molecule has 1 aliphatic heterocycles. The lowest BCUT2D eigenvalue weighted by atomic mass is 10.1. The number of fused-ring (bicyclic) bond motifs is 1. The smallest absolute Gasteiger partial charge is 0.221 e. The number of amides is 1. The van der Waals surface area contributed by atoms with Gasteiger partial charge in [0.05, 0.1) is 6.61 Å². The van der Waals surface area contributed by atoms with E-state index < -0.39 is 0 Å². The minimum Gasteiger partial charge on any atom is -0.493 e. The molecule has 5 heteroatoms. The van der Waals surface area contributed by atoms with E-state index in [4.69, 9.17) is 4.74 Å². The Labute approximate surface area is 114 Å². The number of ether oxygens (including phenoxy) is 1. The Bertz CT molecular complexity index is 437. The third-order valence-corrected chi connectivity index (χ3v) is 3.32. The molecule has 1 aromatic rings. The van der Waals surface area contributed by atoms with E-state index >= 15 is 0 Å². The van der Waals surface area contributed by atoms with Crippen molar-refractivity contribution in [3.05, 3.63) is 27.7 Å². The molecule has 0 aliphatic carbocycles. The molecule has 92 valence electrons. The number of thiol groups is 1. The van der Waals surface area contributed by atoms with Crippen LogP contribution in [0.2, 0.25) is 0 Å². The van der Waals surface area contributed by atoms with Gasteiger partial charge >= 0.3 is 0 Å². The molecular formula is C12H14BrNO2S. The van der Waals surface area contributed by atoms with E-state index in [0.29, 0.717) is 18.7 Å². The Morgan fingerprint density at radius 1 is 1.53 bits per heavy atom. The molecule has 0 radical (unpaired) electrons. The lowest BCUT2D eigenvalue weighted by Gasteiger charge is -2.10. The van der Waals surface area contributed by atoms with Gasteiger partial charge in [-0.1, -0.05) is 15.9 Å². The summed E-state index contributed by atoms with van der Waals surface area (Å²) in [6.07, 6.45) is 1.38. The molecule has 0 spiro atoms. The molecule has 1 aromatic carbocycles. The van der Waals surface area contributed by atoms with Crippen LogP contribution in [0.15, 0.2) is 16.6 Å². The molecule has 1 N–H and O–H groups in total. The number of hydrogen-bond donors (Lipinski definition) is 2. The summed E-state index contributed by atoms with van der Waals surface area (Å²) in [6.45, 7) is 1.23. The van der Waals surface area contributed by atoms with Gasteiger partial charge in [0.1, 0.15) is 5.75 Å². The van der Waals surface area contributed by atoms with Gasteiger partial charge in [0, 0.05) is 29.4 Å². The van der Waals surface area contributed by atoms with Crippen molar-refractivity contribution in [1.29, 1.82) is 0 Å². The number of halogens is 1. The van der Waals surface area contributed by atoms with E-state index in [1.165, 1.54) is 5.56 Å². The third kappa shape index (κ3) is 3.16. The SMILES string of the molecule is O=C(CCS)NCc1cc(Br)cc2c1OCC2. The number of benzene rings is 1. The van der Waals surface area contributed by atoms with Gasteiger partial charge in [0.25, 0.3) is 0 Å². The van der Waals surface area contributed by atoms with Gasteiger partial charge in [-0.15, -0.1) is 0 Å². The third-order valence-electron chi connectivity index (χ3n) is 2.64. The minimum atomic E-state index is 0.0201. The summed E-state index contributed by atoms with van der Waals surface area (Å²) < 4.78 is 6.62. The normalized spacial score (nSPS) is 13.1. The summed E-state index contributed by atoms with van der Waals surface area (Å²) in [7, 11) is 0. The Kier molecular flexibility index (Phi) is 4.34. The molecule has 0 fully saturated rings. The maximum Gasteiger partial charge on any atom is 0.221 e. The van der Waals surface area contributed by atoms with Crippen LogP contribution in [0.5, 0.6) is 5.75 Å². The molecule has 0 atom stereocenters. The molecule has 0 bridgehead atoms. The first-order valence-electron chi connectivity index (χ1n) is 5.52. The van der Waals surface area contributed by atoms with Crippen LogP contribution in [0.1, 0.15) is 17.5 Å². The van der Waals surface area contributed by atoms with Crippen molar-refractivity contribution in [3.8, 4) is 5.75 Å². The zero-order chi connectivity index (χ0) is 12.3. The summed E-state index contributed by atoms with van der Waals surface area (Å²) in [6, 6.07) is 4.06. The fourth-order valence-corrected chi connectivity index (χ4v) is 2.62. The lowest BCUT2D eigenvalue weighted by Crippen LogP contribution is -2.23. The highest BCUT2D eigenvalue weighted by molar-refractivity contribution is 9.10. The highest BCUT2D eigenvalue weighted by atomic mass is 79.9. The van der Waals surface area contributed by atoms with E-state index in [1.54, 1.807) is 0 Å². The van der Waals surface area contributed by atoms with Gasteiger partial charge in [-0.3, -0.25) is 4.79 Å². The monoisotopic (exact) mass is 315 g/mol. The zero-order valence-corrected chi connectivity index (χ0v) is 11.8. The zero-order valence-electron chi connectivity index (χ0n) is 9.33. The molecule has 17 heavy (non-hydrogen) atoms. The van der Waals surface area contributed by atoms with Crippen LogP contribution >= 0.6 is 28.6 Å². The predicted octanol–water partition coefficient (Wildman–Crippen LogP) is 2.32. The number of carbonyl (C=O) groups excluding carboxylic acids is 1. The van der Waals surface area contributed by atoms with Crippen molar-refractivity contribution in [3.63, 3.8) is 0 Å². The van der Waals surface area contributed by atoms with Gasteiger partial charge in [-0.25, -0.2) is 0 Å². The molecule has 2 rings (SSSR count). The molecule has 1 amide bonds. The Hall–Kier alpha value is -0.680. The largest absolute Gasteiger partial charge is 0.493 e. The second kappa shape index (κ2) is 5.78. The molecule has 3 nitrogen and oxygen atoms in total. The van der Waals surface area contributed by atoms with Gasteiger partial charge in [-0.05, 0) is 23.4 Å². The van der Waals surface area contributed by atoms with Crippen LogP contribution in [-0.4, -0.2) is 18.3 Å². The maximum absolute atomic E-state index is 11.4. The van der Waals surface area contributed by atoms with Crippen LogP contribution in [0.25, 0.3) is 0 Å². The van der Waals surface area contributed by atoms with Crippen LogP contribution in [0, 0.1) is 0 Å². The fraction of sp³-hybridized carbons (Fsp3) is 0.417. The minimum absolute atomic E-state index is 0.0201. The van der Waals surface area contributed by atoms with Crippen molar-refractivity contribution in [2.24, 2.45) is 0 Å². The first kappa shape index (κ1) is 12.8. The Balaban J connectivity index is 2.08. The molecule has 1 aliphatic rings.